The number of anilines is 1. The highest BCUT2D eigenvalue weighted by molar-refractivity contribution is 7.89. The quantitative estimate of drug-likeness (QED) is 0.358. The molecule has 1 N–H and O–H groups in total. The fraction of sp³-hybridized carbons (Fsp3) is 0.400. The summed E-state index contributed by atoms with van der Waals surface area (Å²) in [6.45, 7) is 7.31. The van der Waals surface area contributed by atoms with Crippen molar-refractivity contribution in [2.45, 2.75) is 51.5 Å². The number of carbonyl (C=O) groups excluding carboxylic acids is 1. The van der Waals surface area contributed by atoms with Crippen LogP contribution in [0, 0.1) is 0 Å². The summed E-state index contributed by atoms with van der Waals surface area (Å²) in [5.74, 6) is 1.12. The molecule has 0 aliphatic rings. The second-order valence-electron chi connectivity index (χ2n) is 8.45. The first-order valence-corrected chi connectivity index (χ1v) is 13.4. The molecule has 0 bridgehead atoms. The van der Waals surface area contributed by atoms with Crippen molar-refractivity contribution in [3.63, 3.8) is 0 Å². The molecule has 0 aliphatic heterocycles. The minimum atomic E-state index is -3.57. The summed E-state index contributed by atoms with van der Waals surface area (Å²) in [5.41, 5.74) is 3.27. The molecule has 2 aromatic heterocycles. The number of amides is 1. The van der Waals surface area contributed by atoms with Crippen molar-refractivity contribution in [3.8, 4) is 0 Å². The molecule has 35 heavy (non-hydrogen) atoms. The Morgan fingerprint density at radius 3 is 2.46 bits per heavy atom. The highest BCUT2D eigenvalue weighted by Gasteiger charge is 2.23. The maximum atomic E-state index is 12.9. The van der Waals surface area contributed by atoms with E-state index in [0.717, 1.165) is 35.3 Å². The van der Waals surface area contributed by atoms with Gasteiger partial charge in [0.05, 0.1) is 27.0 Å². The molecule has 1 amide bonds. The van der Waals surface area contributed by atoms with Crippen molar-refractivity contribution < 1.29 is 13.2 Å². The molecule has 9 nitrogen and oxygen atoms in total. The highest BCUT2D eigenvalue weighted by atomic mass is 32.2. The van der Waals surface area contributed by atoms with Crippen LogP contribution in [0.3, 0.4) is 0 Å². The van der Waals surface area contributed by atoms with Crippen LogP contribution in [0.25, 0.3) is 22.1 Å². The van der Waals surface area contributed by atoms with Crippen LogP contribution < -0.4 is 5.32 Å². The lowest BCUT2D eigenvalue weighted by atomic mass is 10.3. The lowest BCUT2D eigenvalue weighted by Gasteiger charge is -2.18. The predicted octanol–water partition coefficient (Wildman–Crippen LogP) is 3.93. The number of imidazole rings is 2. The standard InChI is InChI=1S/C25H32N6O3S/c1-5-16-31-22-11-9-8-10-19(22)27-25(31)28-24(32)15-14-23-26-20-17-18(12-13-21(20)29(23)4)35(33,34)30(6-2)7-3/h8-13,17H,5-7,14-16H2,1-4H3,(H,27,28,32). The molecule has 0 aliphatic carbocycles. The predicted molar refractivity (Wildman–Crippen MR) is 138 cm³/mol. The van der Waals surface area contributed by atoms with Crippen LogP contribution in [-0.4, -0.2) is 50.8 Å². The minimum Gasteiger partial charge on any atom is -0.331 e. The van der Waals surface area contributed by atoms with Gasteiger partial charge < -0.3 is 9.13 Å². The van der Waals surface area contributed by atoms with Crippen molar-refractivity contribution in [1.82, 2.24) is 23.4 Å². The van der Waals surface area contributed by atoms with Gasteiger partial charge in [-0.1, -0.05) is 32.9 Å². The molecule has 0 saturated carbocycles. The maximum absolute atomic E-state index is 12.9. The fourth-order valence-corrected chi connectivity index (χ4v) is 5.84. The molecule has 4 rings (SSSR count). The SMILES string of the molecule is CCCn1c(NC(=O)CCc2nc3cc(S(=O)(=O)N(CC)CC)ccc3n2C)nc2ccccc21. The number of sulfonamides is 1. The average molecular weight is 497 g/mol. The molecule has 0 radical (unpaired) electrons. The van der Waals surface area contributed by atoms with Crippen molar-refractivity contribution >= 4 is 43.9 Å². The van der Waals surface area contributed by atoms with E-state index in [1.165, 1.54) is 4.31 Å². The number of para-hydroxylation sites is 2. The number of hydrogen-bond acceptors (Lipinski definition) is 5. The number of fused-ring (bicyclic) bond motifs is 2. The van der Waals surface area contributed by atoms with Crippen LogP contribution in [0.15, 0.2) is 47.4 Å². The topological polar surface area (TPSA) is 102 Å². The van der Waals surface area contributed by atoms with Gasteiger partial charge in [0, 0.05) is 39.5 Å². The van der Waals surface area contributed by atoms with Crippen molar-refractivity contribution in [3.05, 3.63) is 48.3 Å². The normalized spacial score (nSPS) is 12.1. The van der Waals surface area contributed by atoms with Gasteiger partial charge in [0.2, 0.25) is 21.9 Å². The third kappa shape index (κ3) is 4.81. The second kappa shape index (κ2) is 10.2. The van der Waals surface area contributed by atoms with E-state index in [1.807, 2.05) is 54.3 Å². The zero-order chi connectivity index (χ0) is 25.2. The molecule has 186 valence electrons. The maximum Gasteiger partial charge on any atom is 0.243 e. The van der Waals surface area contributed by atoms with Gasteiger partial charge in [-0.3, -0.25) is 10.1 Å². The third-order valence-corrected chi connectivity index (χ3v) is 8.26. The van der Waals surface area contributed by atoms with Gasteiger partial charge in [-0.25, -0.2) is 18.4 Å². The van der Waals surface area contributed by atoms with Crippen LogP contribution in [0.2, 0.25) is 0 Å². The lowest BCUT2D eigenvalue weighted by molar-refractivity contribution is -0.116. The Bertz CT molecular complexity index is 1470. The second-order valence-corrected chi connectivity index (χ2v) is 10.4. The monoisotopic (exact) mass is 496 g/mol. The van der Waals surface area contributed by atoms with E-state index < -0.39 is 10.0 Å². The Labute approximate surface area is 205 Å². The zero-order valence-corrected chi connectivity index (χ0v) is 21.5. The summed E-state index contributed by atoms with van der Waals surface area (Å²) in [6.07, 6.45) is 1.58. The molecule has 0 fully saturated rings. The van der Waals surface area contributed by atoms with Crippen LogP contribution >= 0.6 is 0 Å². The number of nitrogens with one attached hydrogen (secondary N) is 1. The molecule has 0 saturated heterocycles. The van der Waals surface area contributed by atoms with Gasteiger partial charge in [-0.15, -0.1) is 0 Å². The number of aromatic nitrogens is 4. The van der Waals surface area contributed by atoms with E-state index in [9.17, 15) is 13.2 Å². The third-order valence-electron chi connectivity index (χ3n) is 6.22. The highest BCUT2D eigenvalue weighted by Crippen LogP contribution is 2.23. The number of rotatable bonds is 10. The van der Waals surface area contributed by atoms with Crippen LogP contribution in [-0.2, 0) is 34.8 Å². The summed E-state index contributed by atoms with van der Waals surface area (Å²) >= 11 is 0. The molecular formula is C25H32N6O3S. The Hall–Kier alpha value is -3.24. The first-order valence-electron chi connectivity index (χ1n) is 12.0. The Kier molecular flexibility index (Phi) is 7.23. The summed E-state index contributed by atoms with van der Waals surface area (Å²) in [5, 5.41) is 2.95. The van der Waals surface area contributed by atoms with Crippen LogP contribution in [0.1, 0.15) is 39.4 Å². The molecule has 4 aromatic rings. The van der Waals surface area contributed by atoms with Gasteiger partial charge in [0.15, 0.2) is 0 Å². The molecule has 2 heterocycles. The Morgan fingerprint density at radius 2 is 1.74 bits per heavy atom. The first-order chi connectivity index (χ1) is 16.8. The molecule has 0 spiro atoms. The van der Waals surface area contributed by atoms with E-state index in [4.69, 9.17) is 0 Å². The number of benzene rings is 2. The van der Waals surface area contributed by atoms with Crippen LogP contribution in [0.5, 0.6) is 0 Å². The first kappa shape index (κ1) is 24.9. The van der Waals surface area contributed by atoms with Crippen molar-refractivity contribution in [2.75, 3.05) is 18.4 Å². The van der Waals surface area contributed by atoms with E-state index in [-0.39, 0.29) is 17.2 Å². The van der Waals surface area contributed by atoms with Gasteiger partial charge in [0.1, 0.15) is 5.82 Å². The van der Waals surface area contributed by atoms with E-state index in [2.05, 4.69) is 22.2 Å². The van der Waals surface area contributed by atoms with Gasteiger partial charge in [-0.05, 0) is 36.8 Å². The molecule has 0 atom stereocenters. The van der Waals surface area contributed by atoms with Gasteiger partial charge in [-0.2, -0.15) is 4.31 Å². The fourth-order valence-electron chi connectivity index (χ4n) is 4.36. The van der Waals surface area contributed by atoms with Crippen LogP contribution in [0.4, 0.5) is 5.95 Å². The minimum absolute atomic E-state index is 0.144. The number of aryl methyl sites for hydroxylation is 3. The van der Waals surface area contributed by atoms with E-state index in [1.54, 1.807) is 18.2 Å². The zero-order valence-electron chi connectivity index (χ0n) is 20.7. The Balaban J connectivity index is 1.51. The summed E-state index contributed by atoms with van der Waals surface area (Å²) in [4.78, 5) is 22.2. The average Bonchev–Trinajstić information content (AvgIpc) is 3.35. The summed E-state index contributed by atoms with van der Waals surface area (Å²) in [7, 11) is -1.69. The number of nitrogens with zero attached hydrogens (tertiary/aromatic N) is 5. The largest absolute Gasteiger partial charge is 0.331 e. The molecular weight excluding hydrogens is 464 g/mol. The van der Waals surface area contributed by atoms with Gasteiger partial charge in [0.25, 0.3) is 0 Å². The van der Waals surface area contributed by atoms with Gasteiger partial charge >= 0.3 is 0 Å². The summed E-state index contributed by atoms with van der Waals surface area (Å²) < 4.78 is 31.1. The Morgan fingerprint density at radius 1 is 1.00 bits per heavy atom. The van der Waals surface area contributed by atoms with Crippen molar-refractivity contribution in [2.24, 2.45) is 7.05 Å². The molecule has 0 unspecified atom stereocenters. The molecule has 2 aromatic carbocycles. The number of hydrogen-bond donors (Lipinski definition) is 1. The number of carbonyl (C=O) groups is 1. The van der Waals surface area contributed by atoms with E-state index in [0.29, 0.717) is 31.0 Å². The van der Waals surface area contributed by atoms with E-state index >= 15 is 0 Å². The lowest BCUT2D eigenvalue weighted by Crippen LogP contribution is -2.30. The molecule has 10 heteroatoms. The summed E-state index contributed by atoms with van der Waals surface area (Å²) in [6, 6.07) is 12.8. The smallest absolute Gasteiger partial charge is 0.243 e. The van der Waals surface area contributed by atoms with Crippen molar-refractivity contribution in [1.29, 1.82) is 0 Å².